The highest BCUT2D eigenvalue weighted by Crippen LogP contribution is 2.22. The number of rotatable bonds is 8. The van der Waals surface area contributed by atoms with Crippen molar-refractivity contribution in [3.05, 3.63) is 52.2 Å². The summed E-state index contributed by atoms with van der Waals surface area (Å²) in [4.78, 5) is 27.5. The Morgan fingerprint density at radius 2 is 1.92 bits per heavy atom. The molecule has 0 saturated heterocycles. The smallest absolute Gasteiger partial charge is 0.255 e. The van der Waals surface area contributed by atoms with Crippen LogP contribution in [0.2, 0.25) is 0 Å². The molecule has 0 saturated carbocycles. The number of nitrogens with zero attached hydrogens (tertiary/aromatic N) is 1. The van der Waals surface area contributed by atoms with Crippen molar-refractivity contribution in [2.24, 2.45) is 0 Å². The van der Waals surface area contributed by atoms with E-state index < -0.39 is 0 Å². The fraction of sp³-hybridized carbons (Fsp3) is 0.333. The first-order valence-corrected chi connectivity index (χ1v) is 8.78. The lowest BCUT2D eigenvalue weighted by Crippen LogP contribution is -2.40. The van der Waals surface area contributed by atoms with Gasteiger partial charge in [0.25, 0.3) is 5.91 Å². The highest BCUT2D eigenvalue weighted by molar-refractivity contribution is 7.10. The normalized spacial score (nSPS) is 11.8. The van der Waals surface area contributed by atoms with Crippen molar-refractivity contribution >= 4 is 23.2 Å². The van der Waals surface area contributed by atoms with E-state index in [1.54, 1.807) is 35.6 Å². The summed E-state index contributed by atoms with van der Waals surface area (Å²) in [5, 5.41) is 7.50. The van der Waals surface area contributed by atoms with Crippen molar-refractivity contribution in [1.29, 1.82) is 0 Å². The third-order valence-corrected chi connectivity index (χ3v) is 4.72. The Hall–Kier alpha value is -2.38. The molecule has 1 heterocycles. The van der Waals surface area contributed by atoms with Gasteiger partial charge in [-0.05, 0) is 37.7 Å². The molecule has 1 unspecified atom stereocenters. The van der Waals surface area contributed by atoms with E-state index in [9.17, 15) is 9.59 Å². The number of amides is 2. The number of ether oxygens (including phenoxy) is 1. The van der Waals surface area contributed by atoms with Gasteiger partial charge in [-0.1, -0.05) is 18.2 Å². The van der Waals surface area contributed by atoms with Crippen molar-refractivity contribution in [2.45, 2.75) is 6.04 Å². The molecule has 25 heavy (non-hydrogen) atoms. The minimum Gasteiger partial charge on any atom is -0.496 e. The monoisotopic (exact) mass is 361 g/mol. The highest BCUT2D eigenvalue weighted by Gasteiger charge is 2.17. The zero-order chi connectivity index (χ0) is 18.2. The first kappa shape index (κ1) is 19.0. The van der Waals surface area contributed by atoms with Crippen LogP contribution in [0.5, 0.6) is 5.75 Å². The summed E-state index contributed by atoms with van der Waals surface area (Å²) in [6.07, 6.45) is 0. The van der Waals surface area contributed by atoms with Crippen molar-refractivity contribution < 1.29 is 14.3 Å². The summed E-state index contributed by atoms with van der Waals surface area (Å²) in [5.74, 6) is -0.0903. The van der Waals surface area contributed by atoms with Crippen molar-refractivity contribution in [3.63, 3.8) is 0 Å². The van der Waals surface area contributed by atoms with Crippen molar-refractivity contribution in [3.8, 4) is 5.75 Å². The molecule has 0 aliphatic heterocycles. The number of thiophene rings is 1. The Balaban J connectivity index is 1.85. The van der Waals surface area contributed by atoms with E-state index in [1.807, 2.05) is 31.6 Å². The van der Waals surface area contributed by atoms with Gasteiger partial charge >= 0.3 is 0 Å². The summed E-state index contributed by atoms with van der Waals surface area (Å²) in [7, 11) is 5.45. The second kappa shape index (κ2) is 9.19. The molecular formula is C18H23N3O3S. The van der Waals surface area contributed by atoms with Crippen LogP contribution in [0.4, 0.5) is 0 Å². The predicted molar refractivity (Wildman–Crippen MR) is 99.1 cm³/mol. The average Bonchev–Trinajstić information content (AvgIpc) is 3.13. The molecule has 2 aromatic rings. The number of methoxy groups -OCH3 is 1. The van der Waals surface area contributed by atoms with Gasteiger partial charge in [0.1, 0.15) is 5.75 Å². The number of hydrogen-bond donors (Lipinski definition) is 2. The molecule has 0 bridgehead atoms. The molecule has 2 amide bonds. The lowest BCUT2D eigenvalue weighted by molar-refractivity contribution is -0.120. The number of nitrogens with one attached hydrogen (secondary N) is 2. The first-order chi connectivity index (χ1) is 12.0. The number of carbonyl (C=O) groups is 2. The van der Waals surface area contributed by atoms with Crippen LogP contribution >= 0.6 is 11.3 Å². The molecule has 0 fully saturated rings. The van der Waals surface area contributed by atoms with Gasteiger partial charge in [0, 0.05) is 11.4 Å². The van der Waals surface area contributed by atoms with Crippen LogP contribution in [-0.4, -0.2) is 51.0 Å². The Labute approximate surface area is 151 Å². The quantitative estimate of drug-likeness (QED) is 0.753. The van der Waals surface area contributed by atoms with Crippen LogP contribution < -0.4 is 15.4 Å². The van der Waals surface area contributed by atoms with Gasteiger partial charge in [0.2, 0.25) is 5.91 Å². The molecule has 134 valence electrons. The van der Waals surface area contributed by atoms with Crippen LogP contribution in [0.25, 0.3) is 0 Å². The van der Waals surface area contributed by atoms with Gasteiger partial charge in [-0.15, -0.1) is 11.3 Å². The van der Waals surface area contributed by atoms with E-state index in [-0.39, 0.29) is 24.4 Å². The van der Waals surface area contributed by atoms with Crippen LogP contribution in [0.3, 0.4) is 0 Å². The SMILES string of the molecule is COc1ccccc1C(=O)NCC(=O)NCC(c1cccs1)N(C)C. The maximum absolute atomic E-state index is 12.2. The predicted octanol–water partition coefficient (Wildman–Crippen LogP) is 1.91. The van der Waals surface area contributed by atoms with E-state index in [1.165, 1.54) is 12.0 Å². The minimum atomic E-state index is -0.338. The molecule has 1 aromatic heterocycles. The summed E-state index contributed by atoms with van der Waals surface area (Å²) in [6, 6.07) is 11.0. The maximum atomic E-state index is 12.2. The third-order valence-electron chi connectivity index (χ3n) is 3.75. The summed E-state index contributed by atoms with van der Waals surface area (Å²) >= 11 is 1.65. The second-order valence-corrected chi connectivity index (χ2v) is 6.66. The molecule has 6 nitrogen and oxygen atoms in total. The van der Waals surface area contributed by atoms with Crippen LogP contribution in [-0.2, 0) is 4.79 Å². The summed E-state index contributed by atoms with van der Waals surface area (Å²) in [5.41, 5.74) is 0.405. The Kier molecular flexibility index (Phi) is 6.97. The van der Waals surface area contributed by atoms with E-state index in [2.05, 4.69) is 15.5 Å². The van der Waals surface area contributed by atoms with Gasteiger partial charge in [-0.25, -0.2) is 0 Å². The lowest BCUT2D eigenvalue weighted by atomic mass is 10.2. The second-order valence-electron chi connectivity index (χ2n) is 5.68. The third kappa shape index (κ3) is 5.30. The van der Waals surface area contributed by atoms with Crippen LogP contribution in [0.1, 0.15) is 21.3 Å². The number of carbonyl (C=O) groups excluding carboxylic acids is 2. The van der Waals surface area contributed by atoms with Gasteiger partial charge in [0.15, 0.2) is 0 Å². The molecule has 2 N–H and O–H groups in total. The maximum Gasteiger partial charge on any atom is 0.255 e. The Morgan fingerprint density at radius 3 is 2.56 bits per heavy atom. The minimum absolute atomic E-state index is 0.0819. The number of likely N-dealkylation sites (N-methyl/N-ethyl adjacent to an activating group) is 1. The van der Waals surface area contributed by atoms with E-state index in [0.29, 0.717) is 17.9 Å². The van der Waals surface area contributed by atoms with Gasteiger partial charge in [-0.2, -0.15) is 0 Å². The molecule has 0 aliphatic rings. The molecule has 0 spiro atoms. The number of benzene rings is 1. The number of hydrogen-bond acceptors (Lipinski definition) is 5. The fourth-order valence-corrected chi connectivity index (χ4v) is 3.30. The van der Waals surface area contributed by atoms with Gasteiger partial charge in [-0.3, -0.25) is 9.59 Å². The van der Waals surface area contributed by atoms with E-state index in [0.717, 1.165) is 0 Å². The Bertz CT molecular complexity index is 701. The zero-order valence-electron chi connectivity index (χ0n) is 14.6. The largest absolute Gasteiger partial charge is 0.496 e. The van der Waals surface area contributed by atoms with Gasteiger partial charge in [0.05, 0.1) is 25.3 Å². The molecule has 0 aliphatic carbocycles. The first-order valence-electron chi connectivity index (χ1n) is 7.90. The molecular weight excluding hydrogens is 338 g/mol. The molecule has 0 radical (unpaired) electrons. The zero-order valence-corrected chi connectivity index (χ0v) is 15.4. The standard InChI is InChI=1S/C18H23N3O3S/c1-21(2)14(16-9-6-10-25-16)11-19-17(22)12-20-18(23)13-7-4-5-8-15(13)24-3/h4-10,14H,11-12H2,1-3H3,(H,19,22)(H,20,23). The van der Waals surface area contributed by atoms with Crippen molar-refractivity contribution in [1.82, 2.24) is 15.5 Å². The average molecular weight is 361 g/mol. The molecule has 7 heteroatoms. The fourth-order valence-electron chi connectivity index (χ4n) is 2.38. The molecule has 2 rings (SSSR count). The van der Waals surface area contributed by atoms with Crippen LogP contribution in [0.15, 0.2) is 41.8 Å². The van der Waals surface area contributed by atoms with E-state index >= 15 is 0 Å². The van der Waals surface area contributed by atoms with Crippen LogP contribution in [0, 0.1) is 0 Å². The molecule has 1 atom stereocenters. The highest BCUT2D eigenvalue weighted by atomic mass is 32.1. The Morgan fingerprint density at radius 1 is 1.16 bits per heavy atom. The summed E-state index contributed by atoms with van der Waals surface area (Å²) in [6.45, 7) is 0.401. The van der Waals surface area contributed by atoms with E-state index in [4.69, 9.17) is 4.74 Å². The summed E-state index contributed by atoms with van der Waals surface area (Å²) < 4.78 is 5.15. The van der Waals surface area contributed by atoms with Gasteiger partial charge < -0.3 is 20.3 Å². The lowest BCUT2D eigenvalue weighted by Gasteiger charge is -2.23. The van der Waals surface area contributed by atoms with Crippen molar-refractivity contribution in [2.75, 3.05) is 34.3 Å². The number of para-hydroxylation sites is 1. The molecule has 1 aromatic carbocycles. The topological polar surface area (TPSA) is 70.7 Å².